The van der Waals surface area contributed by atoms with Crippen molar-refractivity contribution in [2.75, 3.05) is 5.32 Å². The predicted octanol–water partition coefficient (Wildman–Crippen LogP) is 3.16. The summed E-state index contributed by atoms with van der Waals surface area (Å²) in [6, 6.07) is 8.23. The van der Waals surface area contributed by atoms with Crippen LogP contribution in [0.5, 0.6) is 0 Å². The van der Waals surface area contributed by atoms with Gasteiger partial charge in [-0.15, -0.1) is 0 Å². The van der Waals surface area contributed by atoms with E-state index >= 15 is 0 Å². The molecule has 2 aromatic rings. The lowest BCUT2D eigenvalue weighted by Gasteiger charge is -2.05. The molecule has 16 heavy (non-hydrogen) atoms. The molecule has 0 unspecified atom stereocenters. The summed E-state index contributed by atoms with van der Waals surface area (Å²) in [5, 5.41) is 3.28. The van der Waals surface area contributed by atoms with Gasteiger partial charge in [-0.25, -0.2) is 9.97 Å². The van der Waals surface area contributed by atoms with Gasteiger partial charge in [0.05, 0.1) is 11.0 Å². The first-order valence-corrected chi connectivity index (χ1v) is 5.80. The highest BCUT2D eigenvalue weighted by Gasteiger charge is 1.97. The number of benzene rings is 1. The van der Waals surface area contributed by atoms with Crippen LogP contribution in [0.3, 0.4) is 0 Å². The van der Waals surface area contributed by atoms with Gasteiger partial charge in [0, 0.05) is 18.1 Å². The monoisotopic (exact) mass is 277 g/mol. The van der Waals surface area contributed by atoms with Gasteiger partial charge in [0.1, 0.15) is 5.82 Å². The summed E-state index contributed by atoms with van der Waals surface area (Å²) in [4.78, 5) is 8.39. The molecule has 4 heteroatoms. The highest BCUT2D eigenvalue weighted by Crippen LogP contribution is 2.10. The van der Waals surface area contributed by atoms with E-state index in [2.05, 4.69) is 50.3 Å². The number of halogens is 1. The van der Waals surface area contributed by atoms with E-state index < -0.39 is 0 Å². The van der Waals surface area contributed by atoms with E-state index in [1.165, 1.54) is 5.56 Å². The van der Waals surface area contributed by atoms with Gasteiger partial charge < -0.3 is 5.32 Å². The second-order valence-corrected chi connectivity index (χ2v) is 4.46. The Kier molecular flexibility index (Phi) is 3.51. The molecule has 0 saturated heterocycles. The van der Waals surface area contributed by atoms with Crippen molar-refractivity contribution >= 4 is 21.6 Å². The Labute approximate surface area is 103 Å². The zero-order valence-electron chi connectivity index (χ0n) is 8.94. The maximum Gasteiger partial charge on any atom is 0.147 e. The molecule has 3 nitrogen and oxygen atoms in total. The quantitative estimate of drug-likeness (QED) is 0.937. The number of nitrogens with one attached hydrogen (secondary N) is 1. The number of nitrogens with zero attached hydrogens (tertiary/aromatic N) is 2. The third kappa shape index (κ3) is 3.03. The van der Waals surface area contributed by atoms with Crippen LogP contribution in [0.2, 0.25) is 0 Å². The number of rotatable bonds is 3. The molecule has 1 aromatic carbocycles. The van der Waals surface area contributed by atoms with Gasteiger partial charge in [-0.1, -0.05) is 12.1 Å². The molecule has 0 aliphatic heterocycles. The molecule has 0 aliphatic carbocycles. The fourth-order valence-electron chi connectivity index (χ4n) is 1.37. The number of hydrogen-bond acceptors (Lipinski definition) is 3. The largest absolute Gasteiger partial charge is 0.378 e. The van der Waals surface area contributed by atoms with Crippen LogP contribution >= 0.6 is 15.9 Å². The number of aromatic nitrogens is 2. The van der Waals surface area contributed by atoms with E-state index in [0.29, 0.717) is 6.54 Å². The third-order valence-electron chi connectivity index (χ3n) is 2.14. The summed E-state index contributed by atoms with van der Waals surface area (Å²) in [7, 11) is 0. The van der Waals surface area contributed by atoms with Crippen LogP contribution in [0.15, 0.2) is 41.1 Å². The average Bonchev–Trinajstić information content (AvgIpc) is 2.28. The van der Waals surface area contributed by atoms with E-state index in [4.69, 9.17) is 0 Å². The molecule has 0 saturated carbocycles. The lowest BCUT2D eigenvalue weighted by atomic mass is 10.2. The van der Waals surface area contributed by atoms with Crippen LogP contribution in [-0.2, 0) is 6.54 Å². The summed E-state index contributed by atoms with van der Waals surface area (Å²) >= 11 is 3.31. The maximum absolute atomic E-state index is 4.20. The summed E-state index contributed by atoms with van der Waals surface area (Å²) in [5.41, 5.74) is 2.33. The first kappa shape index (κ1) is 11.1. The van der Waals surface area contributed by atoms with Gasteiger partial charge in [-0.2, -0.15) is 0 Å². The Bertz CT molecular complexity index is 468. The van der Waals surface area contributed by atoms with Crippen LogP contribution in [0.25, 0.3) is 0 Å². The lowest BCUT2D eigenvalue weighted by Crippen LogP contribution is -2.03. The molecular formula is C12H12BrN3. The summed E-state index contributed by atoms with van der Waals surface area (Å²) < 4.78 is 0.895. The third-order valence-corrected chi connectivity index (χ3v) is 2.55. The van der Waals surface area contributed by atoms with Crippen molar-refractivity contribution in [1.29, 1.82) is 0 Å². The molecule has 0 amide bonds. The minimum Gasteiger partial charge on any atom is -0.378 e. The van der Waals surface area contributed by atoms with Crippen LogP contribution < -0.4 is 5.32 Å². The van der Waals surface area contributed by atoms with Crippen molar-refractivity contribution < 1.29 is 0 Å². The molecule has 0 atom stereocenters. The standard InChI is InChI=1S/C12H12BrN3/c1-9-3-2-4-11(5-9)14-8-12-15-6-10(13)7-16-12/h2-7,14H,8H2,1H3. The summed E-state index contributed by atoms with van der Waals surface area (Å²) in [6.45, 7) is 2.71. The molecule has 0 radical (unpaired) electrons. The SMILES string of the molecule is Cc1cccc(NCc2ncc(Br)cn2)c1. The highest BCUT2D eigenvalue weighted by atomic mass is 79.9. The second kappa shape index (κ2) is 5.07. The minimum absolute atomic E-state index is 0.636. The first-order chi connectivity index (χ1) is 7.74. The van der Waals surface area contributed by atoms with Crippen molar-refractivity contribution in [3.63, 3.8) is 0 Å². The lowest BCUT2D eigenvalue weighted by molar-refractivity contribution is 0.942. The smallest absolute Gasteiger partial charge is 0.147 e. The van der Waals surface area contributed by atoms with Gasteiger partial charge >= 0.3 is 0 Å². The van der Waals surface area contributed by atoms with E-state index in [0.717, 1.165) is 16.0 Å². The molecule has 1 aromatic heterocycles. The fourth-order valence-corrected chi connectivity index (χ4v) is 1.57. The van der Waals surface area contributed by atoms with E-state index in [-0.39, 0.29) is 0 Å². The summed E-state index contributed by atoms with van der Waals surface area (Å²) in [6.07, 6.45) is 3.50. The zero-order valence-corrected chi connectivity index (χ0v) is 10.5. The number of anilines is 1. The van der Waals surface area contributed by atoms with Gasteiger partial charge in [0.15, 0.2) is 0 Å². The van der Waals surface area contributed by atoms with Crippen molar-refractivity contribution in [1.82, 2.24) is 9.97 Å². The first-order valence-electron chi connectivity index (χ1n) is 5.01. The highest BCUT2D eigenvalue weighted by molar-refractivity contribution is 9.10. The average molecular weight is 278 g/mol. The van der Waals surface area contributed by atoms with Crippen LogP contribution in [-0.4, -0.2) is 9.97 Å². The summed E-state index contributed by atoms with van der Waals surface area (Å²) in [5.74, 6) is 0.782. The van der Waals surface area contributed by atoms with E-state index in [1.54, 1.807) is 12.4 Å². The van der Waals surface area contributed by atoms with Gasteiger partial charge in [0.2, 0.25) is 0 Å². The van der Waals surface area contributed by atoms with Crippen molar-refractivity contribution in [2.24, 2.45) is 0 Å². The van der Waals surface area contributed by atoms with Crippen molar-refractivity contribution in [3.8, 4) is 0 Å². The molecule has 0 fully saturated rings. The van der Waals surface area contributed by atoms with Gasteiger partial charge in [-0.3, -0.25) is 0 Å². The fraction of sp³-hybridized carbons (Fsp3) is 0.167. The predicted molar refractivity (Wildman–Crippen MR) is 68.2 cm³/mol. The Hall–Kier alpha value is -1.42. The molecule has 82 valence electrons. The van der Waals surface area contributed by atoms with Gasteiger partial charge in [-0.05, 0) is 40.5 Å². The Morgan fingerprint density at radius 1 is 1.25 bits per heavy atom. The normalized spacial score (nSPS) is 10.1. The Balaban J connectivity index is 1.99. The molecule has 0 spiro atoms. The molecular weight excluding hydrogens is 266 g/mol. The zero-order chi connectivity index (χ0) is 11.4. The molecule has 0 bridgehead atoms. The van der Waals surface area contributed by atoms with Crippen molar-refractivity contribution in [3.05, 3.63) is 52.5 Å². The van der Waals surface area contributed by atoms with Gasteiger partial charge in [0.25, 0.3) is 0 Å². The Morgan fingerprint density at radius 2 is 2.00 bits per heavy atom. The number of aryl methyl sites for hydroxylation is 1. The minimum atomic E-state index is 0.636. The van der Waals surface area contributed by atoms with Crippen LogP contribution in [0, 0.1) is 6.92 Å². The maximum atomic E-state index is 4.20. The van der Waals surface area contributed by atoms with E-state index in [9.17, 15) is 0 Å². The number of hydrogen-bond donors (Lipinski definition) is 1. The topological polar surface area (TPSA) is 37.8 Å². The van der Waals surface area contributed by atoms with E-state index in [1.807, 2.05) is 12.1 Å². The molecule has 1 N–H and O–H groups in total. The second-order valence-electron chi connectivity index (χ2n) is 3.54. The van der Waals surface area contributed by atoms with Crippen LogP contribution in [0.1, 0.15) is 11.4 Å². The molecule has 2 rings (SSSR count). The Morgan fingerprint density at radius 3 is 2.69 bits per heavy atom. The van der Waals surface area contributed by atoms with Crippen molar-refractivity contribution in [2.45, 2.75) is 13.5 Å². The molecule has 1 heterocycles. The van der Waals surface area contributed by atoms with Crippen LogP contribution in [0.4, 0.5) is 5.69 Å². The molecule has 0 aliphatic rings.